The van der Waals surface area contributed by atoms with Crippen LogP contribution in [-0.4, -0.2) is 78.3 Å². The van der Waals surface area contributed by atoms with Crippen LogP contribution >= 0.6 is 15.8 Å². The van der Waals surface area contributed by atoms with Crippen LogP contribution in [0, 0.1) is 0 Å². The van der Waals surface area contributed by atoms with Crippen molar-refractivity contribution in [2.24, 2.45) is 0 Å². The molecule has 10 nitrogen and oxygen atoms in total. The van der Waals surface area contributed by atoms with Crippen molar-refractivity contribution in [3.05, 3.63) is 18.2 Å². The molecule has 0 amide bonds. The summed E-state index contributed by atoms with van der Waals surface area (Å²) in [6.07, 6.45) is 3.57. The summed E-state index contributed by atoms with van der Waals surface area (Å²) < 4.78 is 38.2. The van der Waals surface area contributed by atoms with Crippen LogP contribution < -0.4 is 9.42 Å². The topological polar surface area (TPSA) is 110 Å². The van der Waals surface area contributed by atoms with Gasteiger partial charge in [-0.2, -0.15) is 4.20 Å². The maximum atomic E-state index is 11.7. The molecule has 31 heavy (non-hydrogen) atoms. The Morgan fingerprint density at radius 1 is 1.10 bits per heavy atom. The van der Waals surface area contributed by atoms with E-state index >= 15 is 0 Å². The van der Waals surface area contributed by atoms with E-state index in [-0.39, 0.29) is 6.61 Å². The molecule has 0 fully saturated rings. The minimum Gasteiger partial charge on any atom is -0.753 e. The minimum atomic E-state index is -4.96. The Kier molecular flexibility index (Phi) is 11.4. The first kappa shape index (κ1) is 27.8. The van der Waals surface area contributed by atoms with E-state index in [1.165, 1.54) is 0 Å². The Bertz CT molecular complexity index is 808. The molecule has 0 spiro atoms. The zero-order valence-corrected chi connectivity index (χ0v) is 21.2. The van der Waals surface area contributed by atoms with Crippen LogP contribution in [-0.2, 0) is 9.09 Å². The predicted octanol–water partition coefficient (Wildman–Crippen LogP) is 3.72. The summed E-state index contributed by atoms with van der Waals surface area (Å²) in [6.45, 7) is 2.01. The Labute approximate surface area is 184 Å². The second-order valence-corrected chi connectivity index (χ2v) is 12.2. The van der Waals surface area contributed by atoms with Gasteiger partial charge in [-0.3, -0.25) is 14.2 Å². The Morgan fingerprint density at radius 3 is 2.23 bits per heavy atom. The summed E-state index contributed by atoms with van der Waals surface area (Å²) in [7, 11) is 5.09. The second kappa shape index (κ2) is 12.7. The summed E-state index contributed by atoms with van der Waals surface area (Å²) in [4.78, 5) is 9.80. The fraction of sp³-hybridized carbons (Fsp3) is 0.667. The van der Waals surface area contributed by atoms with Crippen molar-refractivity contribution in [2.45, 2.75) is 32.6 Å². The van der Waals surface area contributed by atoms with Crippen molar-refractivity contribution in [3.63, 3.8) is 0 Å². The molecule has 2 rings (SSSR count). The zero-order chi connectivity index (χ0) is 23.7. The van der Waals surface area contributed by atoms with Crippen molar-refractivity contribution in [1.29, 1.82) is 0 Å². The molecule has 0 aliphatic carbocycles. The number of aromatic amines is 1. The fourth-order valence-corrected chi connectivity index (χ4v) is 6.47. The zero-order valence-electron chi connectivity index (χ0n) is 19.4. The smallest absolute Gasteiger partial charge is 0.416 e. The molecule has 0 saturated heterocycles. The number of hydrogen-bond donors (Lipinski definition) is 1. The molecular formula is C18H35FN6O4P2. The summed E-state index contributed by atoms with van der Waals surface area (Å²) in [5.41, 5.74) is 1.62. The van der Waals surface area contributed by atoms with Gasteiger partial charge in [0, 0.05) is 42.3 Å². The van der Waals surface area contributed by atoms with Crippen LogP contribution in [0.25, 0.3) is 11.0 Å². The molecule has 0 bridgehead atoms. The van der Waals surface area contributed by atoms with E-state index in [0.29, 0.717) is 6.42 Å². The molecule has 0 aliphatic heterocycles. The molecule has 1 heterocycles. The number of hydrogen-bond acceptors (Lipinski definition) is 9. The van der Waals surface area contributed by atoms with Crippen LogP contribution in [0.4, 0.5) is 4.20 Å². The number of fused-ring (bicyclic) bond motifs is 1. The largest absolute Gasteiger partial charge is 0.753 e. The summed E-state index contributed by atoms with van der Waals surface area (Å²) in [5, 5.41) is 10.8. The highest BCUT2D eigenvalue weighted by atomic mass is 31.2. The first-order valence-electron chi connectivity index (χ1n) is 10.0. The number of unbranched alkanes of at least 4 members (excludes halogenated alkanes) is 3. The summed E-state index contributed by atoms with van der Waals surface area (Å²) in [6, 6.07) is 5.80. The maximum Gasteiger partial charge on any atom is 0.416 e. The van der Waals surface area contributed by atoms with Gasteiger partial charge in [-0.25, -0.2) is 0 Å². The van der Waals surface area contributed by atoms with Gasteiger partial charge in [0.1, 0.15) is 0 Å². The molecule has 1 N–H and O–H groups in total. The van der Waals surface area contributed by atoms with Gasteiger partial charge >= 0.3 is 15.8 Å². The summed E-state index contributed by atoms with van der Waals surface area (Å²) in [5.74, 6) is 0.737. The van der Waals surface area contributed by atoms with E-state index in [1.807, 2.05) is 67.4 Å². The molecule has 1 unspecified atom stereocenters. The van der Waals surface area contributed by atoms with Crippen LogP contribution in [0.1, 0.15) is 32.6 Å². The van der Waals surface area contributed by atoms with Gasteiger partial charge in [-0.05, 0) is 18.6 Å². The van der Waals surface area contributed by atoms with E-state index in [0.717, 1.165) is 36.0 Å². The molecule has 178 valence electrons. The molecule has 0 radical (unpaired) electrons. The van der Waals surface area contributed by atoms with Crippen LogP contribution in [0.5, 0.6) is 5.75 Å². The summed E-state index contributed by atoms with van der Waals surface area (Å²) >= 11 is 0. The molecule has 2 aromatic rings. The monoisotopic (exact) mass is 480 g/mol. The van der Waals surface area contributed by atoms with Crippen LogP contribution in [0.3, 0.4) is 0 Å². The molecule has 13 heteroatoms. The second-order valence-electron chi connectivity index (χ2n) is 7.43. The quantitative estimate of drug-likeness (QED) is 0.380. The highest BCUT2D eigenvalue weighted by Gasteiger charge is 2.52. The minimum absolute atomic E-state index is 0.0305. The normalized spacial score (nSPS) is 14.1. The van der Waals surface area contributed by atoms with Gasteiger partial charge in [-0.1, -0.05) is 37.5 Å². The standard InChI is InChI=1S/C12H22N6OP.C6H14FO3P/c1-16(2)20(17(3)4,18(5)6)19-11-9-7-8-10-12(11)14-15-13-10;1-2-3-4-5-6-10-11(7,8)9/h7-9H,1-6H3,(H,13,14,15);2-6H2,1H3,(H,8,9)/q+1;/p-1. The van der Waals surface area contributed by atoms with E-state index in [1.54, 1.807) is 0 Å². The van der Waals surface area contributed by atoms with E-state index < -0.39 is 15.8 Å². The van der Waals surface area contributed by atoms with Crippen LogP contribution in [0.15, 0.2) is 18.2 Å². The molecule has 1 aromatic carbocycles. The third-order valence-corrected chi connectivity index (χ3v) is 8.41. The molecule has 0 saturated carbocycles. The first-order valence-corrected chi connectivity index (χ1v) is 13.0. The van der Waals surface area contributed by atoms with E-state index in [2.05, 4.69) is 33.9 Å². The number of H-pyrrole nitrogens is 1. The lowest BCUT2D eigenvalue weighted by Crippen LogP contribution is -2.39. The highest BCUT2D eigenvalue weighted by molar-refractivity contribution is 7.64. The Balaban J connectivity index is 0.000000373. The average Bonchev–Trinajstić information content (AvgIpc) is 3.14. The lowest BCUT2D eigenvalue weighted by molar-refractivity contribution is -0.211. The lowest BCUT2D eigenvalue weighted by atomic mass is 10.2. The van der Waals surface area contributed by atoms with E-state index in [9.17, 15) is 13.7 Å². The number of rotatable bonds is 11. The van der Waals surface area contributed by atoms with Gasteiger partial charge in [0.05, 0.1) is 12.1 Å². The predicted molar refractivity (Wildman–Crippen MR) is 121 cm³/mol. The van der Waals surface area contributed by atoms with Crippen molar-refractivity contribution in [2.75, 3.05) is 48.9 Å². The van der Waals surface area contributed by atoms with Gasteiger partial charge in [0.15, 0.2) is 5.52 Å². The van der Waals surface area contributed by atoms with Crippen LogP contribution in [0.2, 0.25) is 0 Å². The third-order valence-electron chi connectivity index (χ3n) is 4.35. The molecular weight excluding hydrogens is 445 g/mol. The molecule has 1 atom stereocenters. The lowest BCUT2D eigenvalue weighted by Gasteiger charge is -2.36. The maximum absolute atomic E-state index is 11.7. The number of aromatic nitrogens is 3. The van der Waals surface area contributed by atoms with Crippen molar-refractivity contribution in [1.82, 2.24) is 29.4 Å². The highest BCUT2D eigenvalue weighted by Crippen LogP contribution is 2.64. The molecule has 0 aliphatic rings. The average molecular weight is 480 g/mol. The van der Waals surface area contributed by atoms with Gasteiger partial charge in [0.25, 0.3) is 0 Å². The number of halogens is 1. The van der Waals surface area contributed by atoms with Gasteiger partial charge < -0.3 is 9.42 Å². The van der Waals surface area contributed by atoms with Gasteiger partial charge in [0.2, 0.25) is 5.75 Å². The molecule has 1 aromatic heterocycles. The Morgan fingerprint density at radius 2 is 1.71 bits per heavy atom. The van der Waals surface area contributed by atoms with Crippen molar-refractivity contribution in [3.8, 4) is 5.75 Å². The number of nitrogens with zero attached hydrogens (tertiary/aromatic N) is 5. The first-order chi connectivity index (χ1) is 14.5. The van der Waals surface area contributed by atoms with Gasteiger partial charge in [-0.15, -0.1) is 19.1 Å². The van der Waals surface area contributed by atoms with Crippen molar-refractivity contribution < 1.29 is 22.7 Å². The number of nitrogens with one attached hydrogen (secondary N) is 1. The van der Waals surface area contributed by atoms with Crippen molar-refractivity contribution >= 4 is 26.9 Å². The van der Waals surface area contributed by atoms with E-state index in [4.69, 9.17) is 4.52 Å². The fourth-order valence-electron chi connectivity index (χ4n) is 3.07. The third kappa shape index (κ3) is 8.35. The number of benzene rings is 1. The SMILES string of the molecule is CCCCCCOP(=O)([O-])F.CN(C)[P+](Oc1cccc2[nH]nnc12)(N(C)C)N(C)C. The Hall–Kier alpha value is -1.19.